The van der Waals surface area contributed by atoms with Gasteiger partial charge in [-0.2, -0.15) is 0 Å². The lowest BCUT2D eigenvalue weighted by Crippen LogP contribution is -2.48. The molecule has 198 valence electrons. The lowest BCUT2D eigenvalue weighted by Gasteiger charge is -2.35. The molecule has 0 radical (unpaired) electrons. The topological polar surface area (TPSA) is 82.6 Å². The molecule has 1 aromatic heterocycles. The molecular formula is C29H30F2N4O3. The first kappa shape index (κ1) is 25.8. The van der Waals surface area contributed by atoms with Crippen molar-refractivity contribution in [3.8, 4) is 0 Å². The highest BCUT2D eigenvalue weighted by Gasteiger charge is 2.54. The van der Waals surface area contributed by atoms with Gasteiger partial charge in [0.05, 0.1) is 11.6 Å². The van der Waals surface area contributed by atoms with Crippen LogP contribution in [-0.2, 0) is 29.0 Å². The molecule has 0 saturated carbocycles. The molecule has 1 unspecified atom stereocenters. The van der Waals surface area contributed by atoms with E-state index in [0.717, 1.165) is 33.7 Å². The average molecular weight is 521 g/mol. The maximum Gasteiger partial charge on any atom is 0.324 e. The quantitative estimate of drug-likeness (QED) is 0.507. The Kier molecular flexibility index (Phi) is 6.00. The lowest BCUT2D eigenvalue weighted by molar-refractivity contribution is -0.142. The summed E-state index contributed by atoms with van der Waals surface area (Å²) in [5.74, 6) is -1.85. The molecule has 1 N–H and O–H groups in total. The second-order valence-corrected chi connectivity index (χ2v) is 11.4. The van der Waals surface area contributed by atoms with Gasteiger partial charge in [-0.15, -0.1) is 0 Å². The highest BCUT2D eigenvalue weighted by molar-refractivity contribution is 6.08. The molecule has 1 aliphatic carbocycles. The number of carbonyl (C=O) groups excluding carboxylic acids is 3. The van der Waals surface area contributed by atoms with Crippen LogP contribution in [0.2, 0.25) is 0 Å². The minimum absolute atomic E-state index is 0.161. The van der Waals surface area contributed by atoms with E-state index in [1.165, 1.54) is 17.0 Å². The van der Waals surface area contributed by atoms with E-state index >= 15 is 0 Å². The number of likely N-dealkylation sites (N-methyl/N-ethyl adjacent to an activating group) is 1. The van der Waals surface area contributed by atoms with Crippen molar-refractivity contribution < 1.29 is 23.2 Å². The SMILES string of the molecule is C[C@H](c1cc(F)cc(F)c1)N(Cc1cnc2cc3c(cc2c1)CC1(C3)C(=O)NC(=O)N1C)C(=O)C(C)(C)C. The Morgan fingerprint density at radius 1 is 1.08 bits per heavy atom. The Labute approximate surface area is 219 Å². The standard InChI is InChI=1S/C29H30F2N4O3/c1-16(18-8-22(30)11-23(31)9-18)35(26(37)28(2,3)4)15-17-6-19-7-20-12-29(25(36)33-27(38)34(29)5)13-21(20)10-24(19)32-14-17/h6-11,14,16H,12-13,15H2,1-5H3,(H,33,36,38)/t16-,29?/m1/s1. The number of hydrogen-bond donors (Lipinski definition) is 1. The number of aromatic nitrogens is 1. The summed E-state index contributed by atoms with van der Waals surface area (Å²) in [5, 5.41) is 3.25. The van der Waals surface area contributed by atoms with E-state index in [1.807, 2.05) is 18.2 Å². The third kappa shape index (κ3) is 4.29. The molecule has 2 aromatic carbocycles. The molecule has 1 aliphatic heterocycles. The van der Waals surface area contributed by atoms with Gasteiger partial charge in [0.1, 0.15) is 17.2 Å². The van der Waals surface area contributed by atoms with Gasteiger partial charge in [-0.05, 0) is 59.5 Å². The van der Waals surface area contributed by atoms with Gasteiger partial charge in [-0.25, -0.2) is 13.6 Å². The van der Waals surface area contributed by atoms with E-state index in [1.54, 1.807) is 45.8 Å². The van der Waals surface area contributed by atoms with Crippen LogP contribution in [-0.4, -0.2) is 45.2 Å². The number of fused-ring (bicyclic) bond motifs is 2. The largest absolute Gasteiger partial charge is 0.331 e. The van der Waals surface area contributed by atoms with E-state index in [2.05, 4.69) is 10.3 Å². The van der Waals surface area contributed by atoms with E-state index in [-0.39, 0.29) is 18.4 Å². The summed E-state index contributed by atoms with van der Waals surface area (Å²) in [5.41, 5.74) is 2.17. The van der Waals surface area contributed by atoms with Crippen molar-refractivity contribution in [2.45, 2.75) is 58.7 Å². The van der Waals surface area contributed by atoms with Crippen LogP contribution in [0.25, 0.3) is 10.9 Å². The maximum atomic E-state index is 14.0. The number of carbonyl (C=O) groups is 3. The summed E-state index contributed by atoms with van der Waals surface area (Å²) in [7, 11) is 1.63. The first-order chi connectivity index (χ1) is 17.8. The molecule has 9 heteroatoms. The minimum atomic E-state index is -0.925. The molecule has 38 heavy (non-hydrogen) atoms. The van der Waals surface area contributed by atoms with Crippen molar-refractivity contribution in [1.82, 2.24) is 20.1 Å². The molecule has 2 heterocycles. The van der Waals surface area contributed by atoms with Gasteiger partial charge in [-0.1, -0.05) is 20.8 Å². The number of amides is 4. The number of halogens is 2. The summed E-state index contributed by atoms with van der Waals surface area (Å²) >= 11 is 0. The predicted octanol–water partition coefficient (Wildman–Crippen LogP) is 4.67. The molecular weight excluding hydrogens is 490 g/mol. The lowest BCUT2D eigenvalue weighted by atomic mass is 9.92. The van der Waals surface area contributed by atoms with Gasteiger partial charge in [0.15, 0.2) is 0 Å². The summed E-state index contributed by atoms with van der Waals surface area (Å²) in [4.78, 5) is 45.9. The molecule has 2 aliphatic rings. The molecule has 2 atom stereocenters. The Morgan fingerprint density at radius 2 is 1.71 bits per heavy atom. The van der Waals surface area contributed by atoms with Crippen LogP contribution in [0.3, 0.4) is 0 Å². The fraction of sp³-hybridized carbons (Fsp3) is 0.379. The van der Waals surface area contributed by atoms with Crippen LogP contribution in [0.15, 0.2) is 42.6 Å². The zero-order chi connectivity index (χ0) is 27.6. The van der Waals surface area contributed by atoms with Crippen molar-refractivity contribution in [2.24, 2.45) is 5.41 Å². The fourth-order valence-corrected chi connectivity index (χ4v) is 5.47. The summed E-state index contributed by atoms with van der Waals surface area (Å²) in [6, 6.07) is 8.19. The summed E-state index contributed by atoms with van der Waals surface area (Å²) in [6.45, 7) is 7.36. The van der Waals surface area contributed by atoms with Crippen molar-refractivity contribution in [3.05, 3.63) is 76.5 Å². The van der Waals surface area contributed by atoms with Gasteiger partial charge >= 0.3 is 6.03 Å². The Morgan fingerprint density at radius 3 is 2.29 bits per heavy atom. The molecule has 5 rings (SSSR count). The van der Waals surface area contributed by atoms with Crippen LogP contribution < -0.4 is 5.32 Å². The molecule has 0 bridgehead atoms. The van der Waals surface area contributed by atoms with Crippen molar-refractivity contribution >= 4 is 28.7 Å². The minimum Gasteiger partial charge on any atom is -0.331 e. The smallest absolute Gasteiger partial charge is 0.324 e. The zero-order valence-corrected chi connectivity index (χ0v) is 22.1. The van der Waals surface area contributed by atoms with Gasteiger partial charge in [-0.3, -0.25) is 19.9 Å². The summed E-state index contributed by atoms with van der Waals surface area (Å²) < 4.78 is 28.0. The van der Waals surface area contributed by atoms with E-state index in [9.17, 15) is 23.2 Å². The van der Waals surface area contributed by atoms with Crippen molar-refractivity contribution in [1.29, 1.82) is 0 Å². The zero-order valence-electron chi connectivity index (χ0n) is 22.1. The number of urea groups is 1. The number of hydrogen-bond acceptors (Lipinski definition) is 4. The van der Waals surface area contributed by atoms with Gasteiger partial charge in [0, 0.05) is 49.5 Å². The Bertz CT molecular complexity index is 1480. The third-order valence-electron chi connectivity index (χ3n) is 7.71. The second kappa shape index (κ2) is 8.85. The Hall–Kier alpha value is -3.88. The van der Waals surface area contributed by atoms with Crippen LogP contribution in [0.4, 0.5) is 13.6 Å². The molecule has 1 spiro atoms. The number of rotatable bonds is 4. The van der Waals surface area contributed by atoms with Gasteiger partial charge < -0.3 is 9.80 Å². The van der Waals surface area contributed by atoms with Gasteiger partial charge in [0.2, 0.25) is 5.91 Å². The van der Waals surface area contributed by atoms with Crippen LogP contribution in [0, 0.1) is 17.0 Å². The first-order valence-electron chi connectivity index (χ1n) is 12.6. The normalized spacial score (nSPS) is 19.7. The average Bonchev–Trinajstić information content (AvgIpc) is 3.31. The van der Waals surface area contributed by atoms with Crippen LogP contribution in [0.1, 0.15) is 56.0 Å². The highest BCUT2D eigenvalue weighted by Crippen LogP contribution is 2.39. The molecule has 1 fully saturated rings. The number of imide groups is 1. The third-order valence-corrected chi connectivity index (χ3v) is 7.71. The number of benzene rings is 2. The maximum absolute atomic E-state index is 14.0. The monoisotopic (exact) mass is 520 g/mol. The number of nitrogens with zero attached hydrogens (tertiary/aromatic N) is 3. The molecule has 4 amide bonds. The van der Waals surface area contributed by atoms with Crippen LogP contribution >= 0.6 is 0 Å². The van der Waals surface area contributed by atoms with Crippen molar-refractivity contribution in [3.63, 3.8) is 0 Å². The summed E-state index contributed by atoms with van der Waals surface area (Å²) in [6.07, 6.45) is 2.53. The van der Waals surface area contributed by atoms with E-state index < -0.39 is 34.7 Å². The first-order valence-corrected chi connectivity index (χ1v) is 12.6. The van der Waals surface area contributed by atoms with E-state index in [4.69, 9.17) is 0 Å². The predicted molar refractivity (Wildman–Crippen MR) is 138 cm³/mol. The molecule has 7 nitrogen and oxygen atoms in total. The fourth-order valence-electron chi connectivity index (χ4n) is 5.47. The van der Waals surface area contributed by atoms with Gasteiger partial charge in [0.25, 0.3) is 5.91 Å². The van der Waals surface area contributed by atoms with Crippen molar-refractivity contribution in [2.75, 3.05) is 7.05 Å². The second-order valence-electron chi connectivity index (χ2n) is 11.4. The van der Waals surface area contributed by atoms with Crippen LogP contribution in [0.5, 0.6) is 0 Å². The van der Waals surface area contributed by atoms with E-state index in [0.29, 0.717) is 18.4 Å². The Balaban J connectivity index is 1.48. The number of pyridine rings is 1. The molecule has 1 saturated heterocycles. The molecule has 3 aromatic rings. The highest BCUT2D eigenvalue weighted by atomic mass is 19.1. The number of nitrogens with one attached hydrogen (secondary N) is 1.